The second kappa shape index (κ2) is 10.0. The van der Waals surface area contributed by atoms with Gasteiger partial charge in [0, 0.05) is 12.1 Å². The van der Waals surface area contributed by atoms with Crippen LogP contribution in [0.5, 0.6) is 5.75 Å². The van der Waals surface area contributed by atoms with Crippen LogP contribution < -0.4 is 14.8 Å². The molecule has 7 heteroatoms. The number of ether oxygens (including phenoxy) is 1. The third kappa shape index (κ3) is 6.17. The van der Waals surface area contributed by atoms with Crippen LogP contribution in [0, 0.1) is 6.92 Å². The molecule has 3 aromatic carbocycles. The van der Waals surface area contributed by atoms with Crippen molar-refractivity contribution in [3.8, 4) is 5.75 Å². The Labute approximate surface area is 177 Å². The molecule has 3 aromatic rings. The third-order valence-electron chi connectivity index (χ3n) is 4.36. The molecule has 0 aromatic heterocycles. The molecular weight excluding hydrogens is 400 g/mol. The summed E-state index contributed by atoms with van der Waals surface area (Å²) in [4.78, 5) is 12.4. The first-order valence-corrected chi connectivity index (χ1v) is 11.0. The molecule has 0 atom stereocenters. The van der Waals surface area contributed by atoms with E-state index in [1.807, 2.05) is 61.5 Å². The van der Waals surface area contributed by atoms with Crippen molar-refractivity contribution in [3.63, 3.8) is 0 Å². The fraction of sp³-hybridized carbons (Fsp3) is 0.174. The Kier molecular flexibility index (Phi) is 7.21. The molecule has 0 spiro atoms. The number of sulfonamides is 1. The summed E-state index contributed by atoms with van der Waals surface area (Å²) in [5, 5.41) is 2.74. The van der Waals surface area contributed by atoms with Crippen LogP contribution in [0.25, 0.3) is 0 Å². The van der Waals surface area contributed by atoms with E-state index in [9.17, 15) is 13.2 Å². The maximum atomic E-state index is 12.6. The van der Waals surface area contributed by atoms with Crippen molar-refractivity contribution in [2.75, 3.05) is 13.2 Å². The van der Waals surface area contributed by atoms with Crippen LogP contribution in [0.3, 0.4) is 0 Å². The highest BCUT2D eigenvalue weighted by Gasteiger charge is 2.16. The predicted molar refractivity (Wildman–Crippen MR) is 116 cm³/mol. The Morgan fingerprint density at radius 3 is 2.47 bits per heavy atom. The lowest BCUT2D eigenvalue weighted by Crippen LogP contribution is -2.28. The first-order chi connectivity index (χ1) is 14.4. The van der Waals surface area contributed by atoms with Crippen LogP contribution in [0.15, 0.2) is 83.8 Å². The summed E-state index contributed by atoms with van der Waals surface area (Å²) in [6, 6.07) is 22.8. The van der Waals surface area contributed by atoms with Gasteiger partial charge >= 0.3 is 0 Å². The van der Waals surface area contributed by atoms with Gasteiger partial charge < -0.3 is 10.1 Å². The van der Waals surface area contributed by atoms with Crippen LogP contribution in [-0.4, -0.2) is 27.5 Å². The van der Waals surface area contributed by atoms with Gasteiger partial charge in [-0.3, -0.25) is 4.79 Å². The smallest absolute Gasteiger partial charge is 0.251 e. The number of aryl methyl sites for hydroxylation is 1. The third-order valence-corrected chi connectivity index (χ3v) is 5.76. The SMILES string of the molecule is Cc1cccc(OCCNC(=O)c2cccc(S(=O)(=O)NCc3ccccc3)c2)c1. The van der Waals surface area contributed by atoms with Crippen LogP contribution >= 0.6 is 0 Å². The maximum Gasteiger partial charge on any atom is 0.251 e. The first kappa shape index (κ1) is 21.5. The fourth-order valence-corrected chi connectivity index (χ4v) is 3.87. The molecule has 2 N–H and O–H groups in total. The first-order valence-electron chi connectivity index (χ1n) is 9.55. The molecule has 0 bridgehead atoms. The molecule has 0 aliphatic carbocycles. The molecule has 0 saturated carbocycles. The fourth-order valence-electron chi connectivity index (χ4n) is 2.80. The largest absolute Gasteiger partial charge is 0.492 e. The molecule has 0 aliphatic heterocycles. The quantitative estimate of drug-likeness (QED) is 0.516. The van der Waals surface area contributed by atoms with Gasteiger partial charge in [-0.15, -0.1) is 0 Å². The Balaban J connectivity index is 1.55. The van der Waals surface area contributed by atoms with Crippen molar-refractivity contribution in [3.05, 3.63) is 95.6 Å². The van der Waals surface area contributed by atoms with Crippen LogP contribution in [0.1, 0.15) is 21.5 Å². The van der Waals surface area contributed by atoms with Crippen LogP contribution in [-0.2, 0) is 16.6 Å². The summed E-state index contributed by atoms with van der Waals surface area (Å²) in [5.41, 5.74) is 2.21. The Bertz CT molecular complexity index is 1100. The van der Waals surface area contributed by atoms with Crippen LogP contribution in [0.4, 0.5) is 0 Å². The monoisotopic (exact) mass is 424 g/mol. The zero-order valence-electron chi connectivity index (χ0n) is 16.7. The summed E-state index contributed by atoms with van der Waals surface area (Å²) in [5.74, 6) is 0.379. The summed E-state index contributed by atoms with van der Waals surface area (Å²) in [7, 11) is -3.73. The molecule has 3 rings (SSSR count). The lowest BCUT2D eigenvalue weighted by Gasteiger charge is -2.10. The number of amides is 1. The molecule has 0 heterocycles. The van der Waals surface area contributed by atoms with Gasteiger partial charge in [-0.05, 0) is 48.4 Å². The second-order valence-corrected chi connectivity index (χ2v) is 8.53. The van der Waals surface area contributed by atoms with Crippen LogP contribution in [0.2, 0.25) is 0 Å². The van der Waals surface area contributed by atoms with E-state index >= 15 is 0 Å². The highest BCUT2D eigenvalue weighted by atomic mass is 32.2. The van der Waals surface area contributed by atoms with E-state index in [4.69, 9.17) is 4.74 Å². The van der Waals surface area contributed by atoms with E-state index in [-0.39, 0.29) is 22.9 Å². The minimum Gasteiger partial charge on any atom is -0.492 e. The van der Waals surface area contributed by atoms with Crippen molar-refractivity contribution >= 4 is 15.9 Å². The molecule has 1 amide bonds. The Morgan fingerprint density at radius 1 is 0.933 bits per heavy atom. The van der Waals surface area contributed by atoms with Crippen molar-refractivity contribution in [2.45, 2.75) is 18.4 Å². The number of carbonyl (C=O) groups is 1. The minimum absolute atomic E-state index is 0.0436. The number of benzene rings is 3. The van der Waals surface area contributed by atoms with Gasteiger partial charge in [0.2, 0.25) is 10.0 Å². The lowest BCUT2D eigenvalue weighted by atomic mass is 10.2. The molecule has 0 radical (unpaired) electrons. The van der Waals surface area contributed by atoms with Crippen molar-refractivity contribution < 1.29 is 17.9 Å². The van der Waals surface area contributed by atoms with Gasteiger partial charge in [-0.1, -0.05) is 48.5 Å². The van der Waals surface area contributed by atoms with Gasteiger partial charge in [0.15, 0.2) is 0 Å². The maximum absolute atomic E-state index is 12.6. The van der Waals surface area contributed by atoms with E-state index < -0.39 is 10.0 Å². The number of hydrogen-bond acceptors (Lipinski definition) is 4. The van der Waals surface area contributed by atoms with Crippen molar-refractivity contribution in [1.82, 2.24) is 10.0 Å². The standard InChI is InChI=1S/C23H24N2O4S/c1-18-7-5-11-21(15-18)29-14-13-24-23(26)20-10-6-12-22(16-20)30(27,28)25-17-19-8-3-2-4-9-19/h2-12,15-16,25H,13-14,17H2,1H3,(H,24,26). The molecular formula is C23H24N2O4S. The summed E-state index contributed by atoms with van der Waals surface area (Å²) >= 11 is 0. The normalized spacial score (nSPS) is 11.1. The highest BCUT2D eigenvalue weighted by molar-refractivity contribution is 7.89. The number of nitrogens with one attached hydrogen (secondary N) is 2. The second-order valence-electron chi connectivity index (χ2n) is 6.76. The molecule has 0 saturated heterocycles. The average Bonchev–Trinajstić information content (AvgIpc) is 2.76. The topological polar surface area (TPSA) is 84.5 Å². The van der Waals surface area contributed by atoms with Crippen molar-refractivity contribution in [2.24, 2.45) is 0 Å². The summed E-state index contributed by atoms with van der Waals surface area (Å²) < 4.78 is 33.3. The number of rotatable bonds is 9. The lowest BCUT2D eigenvalue weighted by molar-refractivity contribution is 0.0946. The van der Waals surface area contributed by atoms with Gasteiger partial charge in [0.1, 0.15) is 12.4 Å². The average molecular weight is 425 g/mol. The van der Waals surface area contributed by atoms with Gasteiger partial charge in [-0.25, -0.2) is 13.1 Å². The van der Waals surface area contributed by atoms with E-state index in [1.54, 1.807) is 12.1 Å². The van der Waals surface area contributed by atoms with Crippen molar-refractivity contribution in [1.29, 1.82) is 0 Å². The van der Waals surface area contributed by atoms with E-state index in [0.717, 1.165) is 16.9 Å². The van der Waals surface area contributed by atoms with E-state index in [1.165, 1.54) is 12.1 Å². The molecule has 0 unspecified atom stereocenters. The Hall–Kier alpha value is -3.16. The number of hydrogen-bond donors (Lipinski definition) is 2. The summed E-state index contributed by atoms with van der Waals surface area (Å²) in [6.45, 7) is 2.77. The number of carbonyl (C=O) groups excluding carboxylic acids is 1. The highest BCUT2D eigenvalue weighted by Crippen LogP contribution is 2.13. The zero-order chi connectivity index (χ0) is 21.4. The molecule has 6 nitrogen and oxygen atoms in total. The predicted octanol–water partition coefficient (Wildman–Crippen LogP) is 3.28. The van der Waals surface area contributed by atoms with Gasteiger partial charge in [-0.2, -0.15) is 0 Å². The molecule has 156 valence electrons. The minimum atomic E-state index is -3.73. The van der Waals surface area contributed by atoms with E-state index in [2.05, 4.69) is 10.0 Å². The summed E-state index contributed by atoms with van der Waals surface area (Å²) in [6.07, 6.45) is 0. The molecule has 0 aliphatic rings. The molecule has 0 fully saturated rings. The zero-order valence-corrected chi connectivity index (χ0v) is 17.5. The Morgan fingerprint density at radius 2 is 1.70 bits per heavy atom. The van der Waals surface area contributed by atoms with Gasteiger partial charge in [0.05, 0.1) is 11.4 Å². The molecule has 30 heavy (non-hydrogen) atoms. The van der Waals surface area contributed by atoms with Gasteiger partial charge in [0.25, 0.3) is 5.91 Å². The van der Waals surface area contributed by atoms with E-state index in [0.29, 0.717) is 13.2 Å².